The van der Waals surface area contributed by atoms with E-state index in [0.29, 0.717) is 29.2 Å². The van der Waals surface area contributed by atoms with Crippen LogP contribution in [0.5, 0.6) is 0 Å². The van der Waals surface area contributed by atoms with E-state index in [0.717, 1.165) is 50.7 Å². The molecule has 5 nitrogen and oxygen atoms in total. The number of benzene rings is 1. The van der Waals surface area contributed by atoms with Crippen molar-refractivity contribution < 1.29 is 18.0 Å². The lowest BCUT2D eigenvalue weighted by atomic mass is 9.89. The molecule has 2 fully saturated rings. The largest absolute Gasteiger partial charge is 0.417 e. The summed E-state index contributed by atoms with van der Waals surface area (Å²) in [5.41, 5.74) is -0.936. The van der Waals surface area contributed by atoms with Crippen molar-refractivity contribution in [3.05, 3.63) is 57.5 Å². The first-order chi connectivity index (χ1) is 16.7. The van der Waals surface area contributed by atoms with Crippen LogP contribution in [0, 0.1) is 23.7 Å². The maximum Gasteiger partial charge on any atom is 0.417 e. The molecule has 0 bridgehead atoms. The van der Waals surface area contributed by atoms with Gasteiger partial charge < -0.3 is 15.2 Å². The molecular weight excluding hydrogens is 455 g/mol. The van der Waals surface area contributed by atoms with Crippen LogP contribution in [0.15, 0.2) is 35.3 Å². The predicted octanol–water partition coefficient (Wildman–Crippen LogP) is 5.81. The highest BCUT2D eigenvalue weighted by Gasteiger charge is 2.36. The summed E-state index contributed by atoms with van der Waals surface area (Å²) in [6.45, 7) is 3.78. The van der Waals surface area contributed by atoms with E-state index < -0.39 is 28.8 Å². The van der Waals surface area contributed by atoms with Crippen LogP contribution < -0.4 is 15.8 Å². The third-order valence-corrected chi connectivity index (χ3v) is 6.87. The number of piperidine rings is 1. The summed E-state index contributed by atoms with van der Waals surface area (Å²) in [7, 11) is 0. The minimum atomic E-state index is -4.83. The van der Waals surface area contributed by atoms with E-state index in [-0.39, 0.29) is 0 Å². The molecule has 1 aromatic heterocycles. The molecule has 35 heavy (non-hydrogen) atoms. The Labute approximate surface area is 203 Å². The number of carbonyl (C=O) groups excluding carboxylic acids is 1. The molecule has 0 spiro atoms. The van der Waals surface area contributed by atoms with Crippen LogP contribution in [0.25, 0.3) is 0 Å². The Kier molecular flexibility index (Phi) is 7.54. The van der Waals surface area contributed by atoms with Crippen molar-refractivity contribution in [2.24, 2.45) is 11.8 Å². The second kappa shape index (κ2) is 10.6. The van der Waals surface area contributed by atoms with Gasteiger partial charge >= 0.3 is 6.18 Å². The second-order valence-electron chi connectivity index (χ2n) is 9.58. The number of amides is 1. The van der Waals surface area contributed by atoms with Crippen LogP contribution in [0.4, 0.5) is 24.5 Å². The van der Waals surface area contributed by atoms with E-state index in [1.165, 1.54) is 19.3 Å². The molecule has 4 rings (SSSR count). The van der Waals surface area contributed by atoms with Crippen LogP contribution in [-0.4, -0.2) is 24.0 Å². The molecule has 0 unspecified atom stereocenters. The van der Waals surface area contributed by atoms with Gasteiger partial charge in [0.05, 0.1) is 22.5 Å². The summed E-state index contributed by atoms with van der Waals surface area (Å²) in [5, 5.41) is 2.68. The molecule has 1 saturated carbocycles. The van der Waals surface area contributed by atoms with E-state index in [9.17, 15) is 22.8 Å². The number of rotatable bonds is 3. The van der Waals surface area contributed by atoms with Crippen molar-refractivity contribution in [2.45, 2.75) is 58.0 Å². The summed E-state index contributed by atoms with van der Waals surface area (Å²) in [4.78, 5) is 28.8. The van der Waals surface area contributed by atoms with Crippen LogP contribution in [-0.2, 0) is 6.18 Å². The summed E-state index contributed by atoms with van der Waals surface area (Å²) < 4.78 is 40.5. The Morgan fingerprint density at radius 2 is 1.80 bits per heavy atom. The lowest BCUT2D eigenvalue weighted by Gasteiger charge is -2.33. The molecule has 1 saturated heterocycles. The maximum atomic E-state index is 13.5. The van der Waals surface area contributed by atoms with Crippen LogP contribution in [0.3, 0.4) is 0 Å². The van der Waals surface area contributed by atoms with Gasteiger partial charge in [-0.15, -0.1) is 0 Å². The van der Waals surface area contributed by atoms with Gasteiger partial charge in [-0.2, -0.15) is 13.2 Å². The highest BCUT2D eigenvalue weighted by molar-refractivity contribution is 6.07. The fourth-order valence-corrected chi connectivity index (χ4v) is 4.76. The number of hydrogen-bond donors (Lipinski definition) is 2. The van der Waals surface area contributed by atoms with Gasteiger partial charge in [0.25, 0.3) is 5.91 Å². The Balaban J connectivity index is 1.66. The zero-order chi connectivity index (χ0) is 25.0. The third-order valence-electron chi connectivity index (χ3n) is 6.87. The fourth-order valence-electron chi connectivity index (χ4n) is 4.76. The summed E-state index contributed by atoms with van der Waals surface area (Å²) in [5.74, 6) is 6.54. The number of nitrogens with zero attached hydrogens (tertiary/aromatic N) is 1. The molecule has 2 aliphatic rings. The molecule has 0 atom stereocenters. The summed E-state index contributed by atoms with van der Waals surface area (Å²) in [6, 6.07) is 5.93. The first-order valence-corrected chi connectivity index (χ1v) is 12.2. The van der Waals surface area contributed by atoms with Gasteiger partial charge in [0, 0.05) is 36.8 Å². The van der Waals surface area contributed by atoms with Crippen molar-refractivity contribution in [1.82, 2.24) is 4.98 Å². The monoisotopic (exact) mass is 485 g/mol. The zero-order valence-electron chi connectivity index (χ0n) is 19.8. The van der Waals surface area contributed by atoms with Crippen molar-refractivity contribution in [3.63, 3.8) is 0 Å². The van der Waals surface area contributed by atoms with Gasteiger partial charge in [-0.05, 0) is 49.8 Å². The number of carbonyl (C=O) groups is 1. The number of nitrogens with one attached hydrogen (secondary N) is 2. The van der Waals surface area contributed by atoms with E-state index in [2.05, 4.69) is 34.0 Å². The van der Waals surface area contributed by atoms with Gasteiger partial charge in [0.1, 0.15) is 0 Å². The van der Waals surface area contributed by atoms with E-state index >= 15 is 0 Å². The molecule has 2 aromatic rings. The van der Waals surface area contributed by atoms with E-state index in [4.69, 9.17) is 0 Å². The number of pyridine rings is 1. The molecule has 2 heterocycles. The number of anilines is 2. The van der Waals surface area contributed by atoms with Gasteiger partial charge in [-0.1, -0.05) is 38.0 Å². The number of H-pyrrole nitrogens is 1. The summed E-state index contributed by atoms with van der Waals surface area (Å²) >= 11 is 0. The Morgan fingerprint density at radius 3 is 2.49 bits per heavy atom. The minimum Gasteiger partial charge on any atom is -0.370 e. The molecule has 8 heteroatoms. The average Bonchev–Trinajstić information content (AvgIpc) is 2.83. The van der Waals surface area contributed by atoms with Gasteiger partial charge in [0.2, 0.25) is 5.56 Å². The van der Waals surface area contributed by atoms with Gasteiger partial charge in [-0.25, -0.2) is 0 Å². The standard InChI is InChI=1S/C27H30F3N3O2/c1-18-11-13-33(14-12-18)24-10-9-20(8-7-19-5-3-2-4-6-19)15-23(24)32-26(35)21-17-31-25(34)16-22(21)27(28,29)30/h9-10,15-19H,2-6,11-14H2,1H3,(H,31,34)(H,32,35). The number of alkyl halides is 3. The molecule has 1 aliphatic heterocycles. The van der Waals surface area contributed by atoms with Crippen molar-refractivity contribution in [2.75, 3.05) is 23.3 Å². The molecule has 1 amide bonds. The highest BCUT2D eigenvalue weighted by Crippen LogP contribution is 2.34. The normalized spacial score (nSPS) is 17.5. The SMILES string of the molecule is CC1CCN(c2ccc(C#CC3CCCCC3)cc2NC(=O)c2c[nH]c(=O)cc2C(F)(F)F)CC1. The van der Waals surface area contributed by atoms with Gasteiger partial charge in [0.15, 0.2) is 0 Å². The highest BCUT2D eigenvalue weighted by atomic mass is 19.4. The number of hydrogen-bond acceptors (Lipinski definition) is 3. The quantitative estimate of drug-likeness (QED) is 0.539. The number of halogens is 3. The molecular formula is C27H30F3N3O2. The number of aromatic amines is 1. The topological polar surface area (TPSA) is 65.2 Å². The lowest BCUT2D eigenvalue weighted by molar-refractivity contribution is -0.138. The third kappa shape index (κ3) is 6.27. The van der Waals surface area contributed by atoms with Crippen LogP contribution in [0.2, 0.25) is 0 Å². The van der Waals surface area contributed by atoms with Crippen molar-refractivity contribution in [1.29, 1.82) is 0 Å². The predicted molar refractivity (Wildman–Crippen MR) is 131 cm³/mol. The van der Waals surface area contributed by atoms with E-state index in [1.807, 2.05) is 12.1 Å². The first kappa shape index (κ1) is 24.9. The number of aromatic nitrogens is 1. The smallest absolute Gasteiger partial charge is 0.370 e. The Bertz CT molecular complexity index is 1180. The van der Waals surface area contributed by atoms with Crippen LogP contribution >= 0.6 is 0 Å². The molecule has 1 aliphatic carbocycles. The fraction of sp³-hybridized carbons (Fsp3) is 0.481. The molecule has 186 valence electrons. The van der Waals surface area contributed by atoms with Gasteiger partial charge in [-0.3, -0.25) is 9.59 Å². The van der Waals surface area contributed by atoms with Crippen LogP contribution in [0.1, 0.15) is 73.4 Å². The lowest BCUT2D eigenvalue weighted by Crippen LogP contribution is -2.33. The Hall–Kier alpha value is -3.21. The molecule has 0 radical (unpaired) electrons. The van der Waals surface area contributed by atoms with E-state index in [1.54, 1.807) is 6.07 Å². The molecule has 2 N–H and O–H groups in total. The van der Waals surface area contributed by atoms with Crippen molar-refractivity contribution >= 4 is 17.3 Å². The minimum absolute atomic E-state index is 0.348. The average molecular weight is 486 g/mol. The Morgan fingerprint density at radius 1 is 1.09 bits per heavy atom. The van der Waals surface area contributed by atoms with Crippen molar-refractivity contribution in [3.8, 4) is 11.8 Å². The maximum absolute atomic E-state index is 13.5. The second-order valence-corrected chi connectivity index (χ2v) is 9.58. The molecule has 1 aromatic carbocycles. The zero-order valence-corrected chi connectivity index (χ0v) is 19.8. The summed E-state index contributed by atoms with van der Waals surface area (Å²) in [6.07, 6.45) is 3.71. The first-order valence-electron chi connectivity index (χ1n) is 12.2.